The van der Waals surface area contributed by atoms with Gasteiger partial charge in [-0.25, -0.2) is 0 Å². The molecule has 7 nitrogen and oxygen atoms in total. The van der Waals surface area contributed by atoms with Crippen LogP contribution in [0.1, 0.15) is 57.7 Å². The van der Waals surface area contributed by atoms with Gasteiger partial charge >= 0.3 is 5.97 Å². The van der Waals surface area contributed by atoms with Crippen LogP contribution in [0.2, 0.25) is 5.02 Å². The molecule has 0 aliphatic heterocycles. The van der Waals surface area contributed by atoms with Crippen LogP contribution in [0.15, 0.2) is 24.3 Å². The van der Waals surface area contributed by atoms with E-state index in [1.807, 2.05) is 12.1 Å². The summed E-state index contributed by atoms with van der Waals surface area (Å²) in [6.07, 6.45) is 4.11. The van der Waals surface area contributed by atoms with Crippen LogP contribution in [0.5, 0.6) is 0 Å². The predicted molar refractivity (Wildman–Crippen MR) is 97.3 cm³/mol. The molecule has 0 radical (unpaired) electrons. The molecule has 0 bridgehead atoms. The fraction of sp³-hybridized carbons (Fsp3) is 0.500. The summed E-state index contributed by atoms with van der Waals surface area (Å²) in [5.74, 6) is -0.262. The van der Waals surface area contributed by atoms with Gasteiger partial charge in [0.05, 0.1) is 5.69 Å². The monoisotopic (exact) mass is 378 g/mol. The highest BCUT2D eigenvalue weighted by molar-refractivity contribution is 6.30. The van der Waals surface area contributed by atoms with Gasteiger partial charge in [-0.05, 0) is 29.8 Å². The number of carbonyl (C=O) groups excluding carboxylic acids is 2. The number of ketones is 1. The second-order valence-electron chi connectivity index (χ2n) is 6.13. The van der Waals surface area contributed by atoms with Crippen molar-refractivity contribution >= 4 is 23.4 Å². The van der Waals surface area contributed by atoms with Gasteiger partial charge in [0.1, 0.15) is 6.61 Å². The lowest BCUT2D eigenvalue weighted by Crippen LogP contribution is -2.16. The third-order valence-electron chi connectivity index (χ3n) is 3.90. The normalized spacial score (nSPS) is 12.0. The summed E-state index contributed by atoms with van der Waals surface area (Å²) >= 11 is 6.00. The average Bonchev–Trinajstić information content (AvgIpc) is 3.09. The fourth-order valence-corrected chi connectivity index (χ4v) is 2.76. The minimum Gasteiger partial charge on any atom is -0.458 e. The van der Waals surface area contributed by atoms with E-state index < -0.39 is 5.97 Å². The van der Waals surface area contributed by atoms with Gasteiger partial charge < -0.3 is 4.74 Å². The van der Waals surface area contributed by atoms with Crippen molar-refractivity contribution in [3.8, 4) is 5.69 Å². The molecule has 0 amide bonds. The smallest absolute Gasteiger partial charge is 0.303 e. The number of ether oxygens (including phenoxy) is 1. The number of hydrogen-bond acceptors (Lipinski definition) is 6. The number of nitrogens with zero attached hydrogens (tertiary/aromatic N) is 4. The zero-order valence-electron chi connectivity index (χ0n) is 15.0. The van der Waals surface area contributed by atoms with E-state index in [1.54, 1.807) is 12.1 Å². The molecule has 0 saturated heterocycles. The highest BCUT2D eigenvalue weighted by atomic mass is 35.5. The van der Waals surface area contributed by atoms with Crippen LogP contribution in [0.25, 0.3) is 5.69 Å². The number of esters is 1. The van der Waals surface area contributed by atoms with Crippen molar-refractivity contribution in [2.24, 2.45) is 0 Å². The zero-order chi connectivity index (χ0) is 18.9. The van der Waals surface area contributed by atoms with E-state index in [0.717, 1.165) is 25.7 Å². The molecule has 0 saturated carbocycles. The Balaban J connectivity index is 2.11. The van der Waals surface area contributed by atoms with Gasteiger partial charge in [-0.2, -0.15) is 0 Å². The molecule has 0 aliphatic rings. The quantitative estimate of drug-likeness (QED) is 0.464. The van der Waals surface area contributed by atoms with Crippen LogP contribution < -0.4 is 0 Å². The maximum Gasteiger partial charge on any atom is 0.303 e. The molecule has 1 heterocycles. The number of rotatable bonds is 10. The third kappa shape index (κ3) is 6.22. The predicted octanol–water partition coefficient (Wildman–Crippen LogP) is 3.50. The summed E-state index contributed by atoms with van der Waals surface area (Å²) in [5.41, 5.74) is 0.704. The Morgan fingerprint density at radius 3 is 2.81 bits per heavy atom. The van der Waals surface area contributed by atoms with E-state index in [0.29, 0.717) is 16.5 Å². The Kier molecular flexibility index (Phi) is 7.72. The van der Waals surface area contributed by atoms with Crippen LogP contribution in [0.4, 0.5) is 0 Å². The average molecular weight is 379 g/mol. The number of halogens is 1. The molecule has 0 N–H and O–H groups in total. The van der Waals surface area contributed by atoms with Gasteiger partial charge in [0.2, 0.25) is 0 Å². The Hall–Kier alpha value is -2.28. The number of carbonyl (C=O) groups is 2. The number of tetrazole rings is 1. The largest absolute Gasteiger partial charge is 0.458 e. The molecule has 2 aromatic rings. The van der Waals surface area contributed by atoms with Crippen LogP contribution in [-0.4, -0.2) is 38.6 Å². The summed E-state index contributed by atoms with van der Waals surface area (Å²) in [6, 6.07) is 7.15. The van der Waals surface area contributed by atoms with Gasteiger partial charge in [0.15, 0.2) is 11.6 Å². The Bertz CT molecular complexity index is 748. The van der Waals surface area contributed by atoms with Gasteiger partial charge in [-0.3, -0.25) is 9.59 Å². The van der Waals surface area contributed by atoms with Crippen molar-refractivity contribution in [2.75, 3.05) is 6.61 Å². The molecule has 140 valence electrons. The minimum atomic E-state index is -0.467. The van der Waals surface area contributed by atoms with Crippen LogP contribution >= 0.6 is 11.6 Å². The van der Waals surface area contributed by atoms with Gasteiger partial charge in [0.25, 0.3) is 0 Å². The summed E-state index contributed by atoms with van der Waals surface area (Å²) in [4.78, 5) is 24.4. The standard InChI is InChI=1S/C18H23ClN4O3/c1-3-4-5-7-14(10-17(25)12-26-13(2)24)18-20-22-23(21-18)16-9-6-8-15(19)11-16/h6,8-9,11,14H,3-5,7,10,12H2,1-2H3. The second kappa shape index (κ2) is 10.0. The first-order valence-corrected chi connectivity index (χ1v) is 9.08. The molecule has 0 aliphatic carbocycles. The molecule has 8 heteroatoms. The number of unbranched alkanes of at least 4 members (excludes halogenated alkanes) is 2. The maximum absolute atomic E-state index is 12.1. The van der Waals surface area contributed by atoms with Crippen molar-refractivity contribution < 1.29 is 14.3 Å². The summed E-state index contributed by atoms with van der Waals surface area (Å²) in [6.45, 7) is 3.18. The van der Waals surface area contributed by atoms with E-state index in [1.165, 1.54) is 11.7 Å². The summed E-state index contributed by atoms with van der Waals surface area (Å²) in [7, 11) is 0. The van der Waals surface area contributed by atoms with E-state index in [9.17, 15) is 9.59 Å². The highest BCUT2D eigenvalue weighted by Gasteiger charge is 2.21. The van der Waals surface area contributed by atoms with Gasteiger partial charge in [-0.15, -0.1) is 15.0 Å². The first kappa shape index (κ1) is 20.0. The lowest BCUT2D eigenvalue weighted by Gasteiger charge is -2.12. The minimum absolute atomic E-state index is 0.152. The van der Waals surface area contributed by atoms with Crippen molar-refractivity contribution in [2.45, 2.75) is 51.9 Å². The maximum atomic E-state index is 12.1. The molecule has 0 fully saturated rings. The molecule has 1 atom stereocenters. The van der Waals surface area contributed by atoms with Gasteiger partial charge in [-0.1, -0.05) is 43.9 Å². The summed E-state index contributed by atoms with van der Waals surface area (Å²) < 4.78 is 4.79. The van der Waals surface area contributed by atoms with Crippen molar-refractivity contribution in [1.29, 1.82) is 0 Å². The van der Waals surface area contributed by atoms with Gasteiger partial charge in [0, 0.05) is 24.3 Å². The number of aromatic nitrogens is 4. The molecule has 2 rings (SSSR count). The Labute approximate surface area is 157 Å². The molecule has 1 aromatic carbocycles. The first-order valence-electron chi connectivity index (χ1n) is 8.70. The number of hydrogen-bond donors (Lipinski definition) is 0. The fourth-order valence-electron chi connectivity index (χ4n) is 2.58. The highest BCUT2D eigenvalue weighted by Crippen LogP contribution is 2.24. The lowest BCUT2D eigenvalue weighted by atomic mass is 9.95. The Morgan fingerprint density at radius 2 is 2.12 bits per heavy atom. The molecular weight excluding hydrogens is 356 g/mol. The van der Waals surface area contributed by atoms with E-state index >= 15 is 0 Å². The Morgan fingerprint density at radius 1 is 1.31 bits per heavy atom. The van der Waals surface area contributed by atoms with Crippen molar-refractivity contribution in [3.05, 3.63) is 35.1 Å². The second-order valence-corrected chi connectivity index (χ2v) is 6.57. The first-order chi connectivity index (χ1) is 12.5. The molecule has 26 heavy (non-hydrogen) atoms. The van der Waals surface area contributed by atoms with Crippen LogP contribution in [-0.2, 0) is 14.3 Å². The topological polar surface area (TPSA) is 87.0 Å². The molecular formula is C18H23ClN4O3. The van der Waals surface area contributed by atoms with Crippen LogP contribution in [0, 0.1) is 0 Å². The zero-order valence-corrected chi connectivity index (χ0v) is 15.8. The lowest BCUT2D eigenvalue weighted by molar-refractivity contribution is -0.145. The van der Waals surface area contributed by atoms with E-state index in [-0.39, 0.29) is 24.7 Å². The third-order valence-corrected chi connectivity index (χ3v) is 4.14. The van der Waals surface area contributed by atoms with Crippen molar-refractivity contribution in [3.63, 3.8) is 0 Å². The SMILES string of the molecule is CCCCCC(CC(=O)COC(C)=O)c1nnn(-c2cccc(Cl)c2)n1. The molecule has 1 unspecified atom stereocenters. The molecule has 1 aromatic heterocycles. The van der Waals surface area contributed by atoms with E-state index in [2.05, 4.69) is 22.3 Å². The van der Waals surface area contributed by atoms with Crippen molar-refractivity contribution in [1.82, 2.24) is 20.2 Å². The van der Waals surface area contributed by atoms with Crippen LogP contribution in [0.3, 0.4) is 0 Å². The van der Waals surface area contributed by atoms with E-state index in [4.69, 9.17) is 16.3 Å². The number of Topliss-reactive ketones (excluding diaryl/α,β-unsaturated/α-hetero) is 1. The number of benzene rings is 1. The summed E-state index contributed by atoms with van der Waals surface area (Å²) in [5, 5.41) is 13.2. The molecule has 0 spiro atoms.